The minimum absolute atomic E-state index is 0.941. The number of benzene rings is 8. The molecule has 1 heteroatoms. The molecule has 53 heavy (non-hydrogen) atoms. The van der Waals surface area contributed by atoms with E-state index < -0.39 is 0 Å². The number of hydrogen-bond donors (Lipinski definition) is 1. The van der Waals surface area contributed by atoms with Crippen molar-refractivity contribution in [2.45, 2.75) is 17.7 Å². The van der Waals surface area contributed by atoms with Crippen LogP contribution in [0.2, 0.25) is 0 Å². The molecule has 0 fully saturated rings. The van der Waals surface area contributed by atoms with Gasteiger partial charge in [0.1, 0.15) is 0 Å². The second-order valence-electron chi connectivity index (χ2n) is 13.8. The molecule has 0 atom stereocenters. The molecule has 9 rings (SSSR count). The molecule has 8 aromatic rings. The largest absolute Gasteiger partial charge is 0.143 e. The van der Waals surface area contributed by atoms with E-state index in [9.17, 15) is 0 Å². The fourth-order valence-electron chi connectivity index (χ4n) is 8.53. The summed E-state index contributed by atoms with van der Waals surface area (Å²) in [6.07, 6.45) is 10.2. The van der Waals surface area contributed by atoms with Crippen molar-refractivity contribution in [1.82, 2.24) is 0 Å². The molecule has 0 N–H and O–H groups in total. The van der Waals surface area contributed by atoms with Crippen molar-refractivity contribution in [3.05, 3.63) is 205 Å². The fourth-order valence-corrected chi connectivity index (χ4v) is 8.67. The van der Waals surface area contributed by atoms with Crippen LogP contribution in [0.5, 0.6) is 0 Å². The molecular weight excluding hydrogens is 657 g/mol. The lowest BCUT2D eigenvalue weighted by Crippen LogP contribution is -2.06. The van der Waals surface area contributed by atoms with Crippen LogP contribution in [0.3, 0.4) is 0 Å². The highest BCUT2D eigenvalue weighted by molar-refractivity contribution is 7.80. The number of hydrogen-bond acceptors (Lipinski definition) is 1. The molecule has 0 heterocycles. The first-order chi connectivity index (χ1) is 26.1. The Balaban J connectivity index is 1.27. The van der Waals surface area contributed by atoms with E-state index in [-0.39, 0.29) is 0 Å². The van der Waals surface area contributed by atoms with Gasteiger partial charge in [-0.25, -0.2) is 0 Å². The third kappa shape index (κ3) is 5.66. The number of rotatable bonds is 7. The van der Waals surface area contributed by atoms with Crippen LogP contribution in [-0.4, -0.2) is 0 Å². The van der Waals surface area contributed by atoms with Crippen molar-refractivity contribution in [1.29, 1.82) is 0 Å². The fraction of sp³-hybridized carbons (Fsp3) is 0.0385. The van der Waals surface area contributed by atoms with Gasteiger partial charge in [-0.05, 0) is 124 Å². The topological polar surface area (TPSA) is 0 Å². The molecular formula is C52H38S. The lowest BCUT2D eigenvalue weighted by atomic mass is 9.77. The smallest absolute Gasteiger partial charge is 0.00404 e. The number of fused-ring (bicyclic) bond motifs is 4. The molecule has 0 bridgehead atoms. The second kappa shape index (κ2) is 13.8. The van der Waals surface area contributed by atoms with Crippen molar-refractivity contribution < 1.29 is 0 Å². The first-order valence-corrected chi connectivity index (χ1v) is 18.7. The molecule has 0 unspecified atom stereocenters. The van der Waals surface area contributed by atoms with Crippen LogP contribution in [0.4, 0.5) is 0 Å². The van der Waals surface area contributed by atoms with E-state index in [4.69, 9.17) is 0 Å². The normalized spacial score (nSPS) is 12.8. The van der Waals surface area contributed by atoms with E-state index in [1.807, 2.05) is 12.2 Å². The summed E-state index contributed by atoms with van der Waals surface area (Å²) in [6, 6.07) is 55.4. The van der Waals surface area contributed by atoms with E-state index in [1.165, 1.54) is 93.5 Å². The monoisotopic (exact) mass is 694 g/mol. The lowest BCUT2D eigenvalue weighted by molar-refractivity contribution is 0.945. The van der Waals surface area contributed by atoms with Crippen LogP contribution < -0.4 is 0 Å². The first-order valence-electron chi connectivity index (χ1n) is 18.3. The molecule has 252 valence electrons. The molecule has 0 amide bonds. The van der Waals surface area contributed by atoms with E-state index in [1.54, 1.807) is 0 Å². The zero-order valence-electron chi connectivity index (χ0n) is 29.5. The van der Waals surface area contributed by atoms with Gasteiger partial charge in [0.25, 0.3) is 0 Å². The average Bonchev–Trinajstić information content (AvgIpc) is 3.21. The Morgan fingerprint density at radius 3 is 1.36 bits per heavy atom. The molecule has 0 spiro atoms. The van der Waals surface area contributed by atoms with Crippen molar-refractivity contribution in [3.8, 4) is 44.5 Å². The Bertz CT molecular complexity index is 2720. The molecule has 0 nitrogen and oxygen atoms in total. The lowest BCUT2D eigenvalue weighted by Gasteiger charge is -2.26. The summed E-state index contributed by atoms with van der Waals surface area (Å²) in [5.74, 6) is 0. The summed E-state index contributed by atoms with van der Waals surface area (Å²) >= 11 is 4.57. The van der Waals surface area contributed by atoms with Gasteiger partial charge >= 0.3 is 0 Å². The molecule has 0 saturated heterocycles. The minimum Gasteiger partial charge on any atom is -0.143 e. The summed E-state index contributed by atoms with van der Waals surface area (Å²) in [6.45, 7) is 8.12. The van der Waals surface area contributed by atoms with Gasteiger partial charge < -0.3 is 0 Å². The maximum absolute atomic E-state index is 4.57. The zero-order chi connectivity index (χ0) is 35.9. The quantitative estimate of drug-likeness (QED) is 0.0958. The van der Waals surface area contributed by atoms with Crippen molar-refractivity contribution >= 4 is 51.0 Å². The summed E-state index contributed by atoms with van der Waals surface area (Å²) in [4.78, 5) is 0.963. The maximum atomic E-state index is 4.57. The van der Waals surface area contributed by atoms with Crippen molar-refractivity contribution in [3.63, 3.8) is 0 Å². The van der Waals surface area contributed by atoms with Crippen LogP contribution in [0.1, 0.15) is 17.5 Å². The Kier molecular flexibility index (Phi) is 8.50. The van der Waals surface area contributed by atoms with Gasteiger partial charge in [0.15, 0.2) is 0 Å². The molecule has 1 aliphatic carbocycles. The molecule has 0 saturated carbocycles. The first kappa shape index (κ1) is 32.7. The standard InChI is InChI=1S/C52H38S/c1-3-14-34(4-2)39-29-32-47-48(33-39)52(35-15-6-5-7-16-35)46-22-13-12-21-45(46)51(47)37-25-23-36(24-26-37)49-41-17-8-10-19-43(41)50(38-27-30-40(53)31-28-38)44-20-11-9-18-42(44)49/h3-28,30-31,33,53H,1-2,29,32H2/b34-14+. The van der Waals surface area contributed by atoms with Crippen LogP contribution in [0.25, 0.3) is 82.9 Å². The van der Waals surface area contributed by atoms with Crippen LogP contribution in [0.15, 0.2) is 199 Å². The number of allylic oxidation sites excluding steroid dienone is 5. The van der Waals surface area contributed by atoms with Gasteiger partial charge in [-0.2, -0.15) is 0 Å². The maximum Gasteiger partial charge on any atom is 0.00404 e. The van der Waals surface area contributed by atoms with Gasteiger partial charge in [0.2, 0.25) is 0 Å². The SMILES string of the molecule is C=C/C=C(\C=C)C1=Cc2c(c(-c3ccc(-c4c5ccccc5c(-c5ccc(S)cc5)c5ccccc45)cc3)c3ccccc3c2-c2ccccc2)CC1. The van der Waals surface area contributed by atoms with Crippen molar-refractivity contribution in [2.24, 2.45) is 0 Å². The van der Waals surface area contributed by atoms with Gasteiger partial charge in [-0.1, -0.05) is 177 Å². The second-order valence-corrected chi connectivity index (χ2v) is 14.3. The third-order valence-corrected chi connectivity index (χ3v) is 11.1. The highest BCUT2D eigenvalue weighted by Crippen LogP contribution is 2.48. The Hall–Kier alpha value is -6.15. The Morgan fingerprint density at radius 1 is 0.453 bits per heavy atom. The summed E-state index contributed by atoms with van der Waals surface area (Å²) in [5.41, 5.74) is 15.1. The van der Waals surface area contributed by atoms with Crippen LogP contribution >= 0.6 is 12.6 Å². The molecule has 0 aromatic heterocycles. The zero-order valence-corrected chi connectivity index (χ0v) is 30.4. The molecule has 1 aliphatic rings. The summed E-state index contributed by atoms with van der Waals surface area (Å²) < 4.78 is 0. The predicted molar refractivity (Wildman–Crippen MR) is 233 cm³/mol. The number of thiol groups is 1. The molecule has 0 radical (unpaired) electrons. The van der Waals surface area contributed by atoms with E-state index >= 15 is 0 Å². The average molecular weight is 695 g/mol. The predicted octanol–water partition coefficient (Wildman–Crippen LogP) is 14.7. The highest BCUT2D eigenvalue weighted by atomic mass is 32.1. The van der Waals surface area contributed by atoms with Crippen LogP contribution in [0, 0.1) is 0 Å². The van der Waals surface area contributed by atoms with E-state index in [0.29, 0.717) is 0 Å². The van der Waals surface area contributed by atoms with Gasteiger partial charge in [0, 0.05) is 4.90 Å². The van der Waals surface area contributed by atoms with Crippen molar-refractivity contribution in [2.75, 3.05) is 0 Å². The highest BCUT2D eigenvalue weighted by Gasteiger charge is 2.24. The van der Waals surface area contributed by atoms with Gasteiger partial charge in [-0.3, -0.25) is 0 Å². The van der Waals surface area contributed by atoms with Gasteiger partial charge in [0.05, 0.1) is 0 Å². The molecule has 8 aromatic carbocycles. The van der Waals surface area contributed by atoms with E-state index in [2.05, 4.69) is 190 Å². The van der Waals surface area contributed by atoms with Gasteiger partial charge in [-0.15, -0.1) is 12.6 Å². The third-order valence-electron chi connectivity index (χ3n) is 10.8. The molecule has 0 aliphatic heterocycles. The summed E-state index contributed by atoms with van der Waals surface area (Å²) in [5, 5.41) is 7.55. The van der Waals surface area contributed by atoms with E-state index in [0.717, 1.165) is 23.3 Å². The minimum atomic E-state index is 0.941. The Morgan fingerprint density at radius 2 is 0.868 bits per heavy atom. The summed E-state index contributed by atoms with van der Waals surface area (Å²) in [7, 11) is 0. The van der Waals surface area contributed by atoms with Crippen LogP contribution in [-0.2, 0) is 6.42 Å². The Labute approximate surface area is 317 Å².